The van der Waals surface area contributed by atoms with Gasteiger partial charge in [0.15, 0.2) is 0 Å². The van der Waals surface area contributed by atoms with Gasteiger partial charge in [-0.3, -0.25) is 4.79 Å². The van der Waals surface area contributed by atoms with E-state index in [1.807, 2.05) is 39.0 Å². The van der Waals surface area contributed by atoms with E-state index in [0.29, 0.717) is 6.61 Å². The fraction of sp³-hybridized carbons (Fsp3) is 0.588. The molecule has 1 aromatic rings. The molecule has 3 heteroatoms. The van der Waals surface area contributed by atoms with Gasteiger partial charge in [-0.15, -0.1) is 0 Å². The van der Waals surface area contributed by atoms with E-state index in [-0.39, 0.29) is 11.4 Å². The molecule has 1 aromatic carbocycles. The lowest BCUT2D eigenvalue weighted by molar-refractivity contribution is -0.156. The van der Waals surface area contributed by atoms with E-state index in [1.54, 1.807) is 0 Å². The first kappa shape index (κ1) is 16.7. The van der Waals surface area contributed by atoms with Gasteiger partial charge in [-0.25, -0.2) is 0 Å². The molecule has 1 saturated heterocycles. The molecule has 0 saturated carbocycles. The Balaban J connectivity index is 0.000000956. The first-order valence-corrected chi connectivity index (χ1v) is 7.69. The molecule has 1 N–H and O–H groups in total. The Morgan fingerprint density at radius 3 is 2.55 bits per heavy atom. The lowest BCUT2D eigenvalue weighted by Crippen LogP contribution is -2.47. The van der Waals surface area contributed by atoms with Gasteiger partial charge >= 0.3 is 5.97 Å². The maximum Gasteiger partial charge on any atom is 0.313 e. The van der Waals surface area contributed by atoms with Crippen molar-refractivity contribution in [3.05, 3.63) is 35.9 Å². The molecule has 1 heterocycles. The molecule has 1 atom stereocenters. The van der Waals surface area contributed by atoms with Gasteiger partial charge in [-0.05, 0) is 38.3 Å². The van der Waals surface area contributed by atoms with Crippen LogP contribution in [0.2, 0.25) is 0 Å². The van der Waals surface area contributed by atoms with E-state index < -0.39 is 0 Å². The summed E-state index contributed by atoms with van der Waals surface area (Å²) in [5.74, 6) is -0.0546. The lowest BCUT2D eigenvalue weighted by Gasteiger charge is -2.35. The van der Waals surface area contributed by atoms with Crippen molar-refractivity contribution in [1.29, 1.82) is 0 Å². The molecule has 0 bridgehead atoms. The Morgan fingerprint density at radius 2 is 2.00 bits per heavy atom. The van der Waals surface area contributed by atoms with E-state index in [9.17, 15) is 4.79 Å². The molecule has 1 aliphatic heterocycles. The predicted molar refractivity (Wildman–Crippen MR) is 82.7 cm³/mol. The number of hydrogen-bond donors (Lipinski definition) is 1. The van der Waals surface area contributed by atoms with Crippen LogP contribution in [0.25, 0.3) is 0 Å². The Morgan fingerprint density at radius 1 is 1.30 bits per heavy atom. The highest BCUT2D eigenvalue weighted by Gasteiger charge is 2.40. The summed E-state index contributed by atoms with van der Waals surface area (Å²) in [5.41, 5.74) is 0.824. The molecule has 112 valence electrons. The smallest absolute Gasteiger partial charge is 0.313 e. The van der Waals surface area contributed by atoms with Crippen molar-refractivity contribution in [3.63, 3.8) is 0 Å². The number of esters is 1. The maximum atomic E-state index is 12.3. The molecule has 0 radical (unpaired) electrons. The average Bonchev–Trinajstić information content (AvgIpc) is 2.51. The number of rotatable bonds is 4. The van der Waals surface area contributed by atoms with Gasteiger partial charge in [0.2, 0.25) is 0 Å². The molecule has 1 aliphatic rings. The largest absolute Gasteiger partial charge is 0.466 e. The van der Waals surface area contributed by atoms with E-state index in [2.05, 4.69) is 17.4 Å². The molecule has 0 aromatic heterocycles. The van der Waals surface area contributed by atoms with Gasteiger partial charge in [0.05, 0.1) is 12.0 Å². The van der Waals surface area contributed by atoms with Gasteiger partial charge < -0.3 is 10.1 Å². The van der Waals surface area contributed by atoms with Crippen LogP contribution in [-0.4, -0.2) is 25.7 Å². The third kappa shape index (κ3) is 4.34. The Hall–Kier alpha value is -1.35. The molecule has 0 aliphatic carbocycles. The fourth-order valence-corrected chi connectivity index (χ4v) is 2.64. The van der Waals surface area contributed by atoms with Crippen LogP contribution in [0.15, 0.2) is 30.3 Å². The molecule has 2 rings (SSSR count). The second-order valence-corrected chi connectivity index (χ2v) is 4.94. The van der Waals surface area contributed by atoms with Crippen molar-refractivity contribution < 1.29 is 9.53 Å². The van der Waals surface area contributed by atoms with Crippen LogP contribution in [-0.2, 0) is 16.0 Å². The summed E-state index contributed by atoms with van der Waals surface area (Å²) in [7, 11) is 0. The monoisotopic (exact) mass is 277 g/mol. The molecule has 0 spiro atoms. The third-order valence-corrected chi connectivity index (χ3v) is 3.57. The minimum atomic E-state index is -0.379. The van der Waals surface area contributed by atoms with Crippen LogP contribution in [0.1, 0.15) is 39.2 Å². The fourth-order valence-electron chi connectivity index (χ4n) is 2.64. The molecule has 0 amide bonds. The number of ether oxygens (including phenoxy) is 1. The summed E-state index contributed by atoms with van der Waals surface area (Å²) in [6.45, 7) is 8.04. The highest BCUT2D eigenvalue weighted by molar-refractivity contribution is 5.77. The van der Waals surface area contributed by atoms with Gasteiger partial charge in [0, 0.05) is 6.54 Å². The highest BCUT2D eigenvalue weighted by Crippen LogP contribution is 2.32. The maximum absolute atomic E-state index is 12.3. The molecular formula is C17H27NO2. The first-order chi connectivity index (χ1) is 9.77. The van der Waals surface area contributed by atoms with Crippen LogP contribution in [0.4, 0.5) is 0 Å². The quantitative estimate of drug-likeness (QED) is 0.859. The molecule has 1 fully saturated rings. The average molecular weight is 277 g/mol. The zero-order valence-electron chi connectivity index (χ0n) is 12.9. The number of piperidine rings is 1. The molecule has 3 nitrogen and oxygen atoms in total. The summed E-state index contributed by atoms with van der Waals surface area (Å²) in [5, 5.41) is 3.33. The van der Waals surface area contributed by atoms with Crippen molar-refractivity contribution in [1.82, 2.24) is 5.32 Å². The minimum Gasteiger partial charge on any atom is -0.466 e. The van der Waals surface area contributed by atoms with Crippen LogP contribution < -0.4 is 5.32 Å². The summed E-state index contributed by atoms with van der Waals surface area (Å²) in [6, 6.07) is 10.2. The Bertz CT molecular complexity index is 383. The summed E-state index contributed by atoms with van der Waals surface area (Å²) >= 11 is 0. The summed E-state index contributed by atoms with van der Waals surface area (Å²) < 4.78 is 5.28. The number of nitrogens with one attached hydrogen (secondary N) is 1. The van der Waals surface area contributed by atoms with Gasteiger partial charge in [0.25, 0.3) is 0 Å². The van der Waals surface area contributed by atoms with E-state index in [4.69, 9.17) is 4.74 Å². The van der Waals surface area contributed by atoms with Crippen LogP contribution in [0.5, 0.6) is 0 Å². The normalized spacial score (nSPS) is 21.6. The Kier molecular flexibility index (Phi) is 7.31. The van der Waals surface area contributed by atoms with Gasteiger partial charge in [-0.1, -0.05) is 44.2 Å². The standard InChI is InChI=1S/C15H21NO2.C2H6/c1-2-18-14(17)15(9-6-10-16-12-15)11-13-7-4-3-5-8-13;1-2/h3-5,7-8,16H,2,6,9-12H2,1H3;1-2H3. The highest BCUT2D eigenvalue weighted by atomic mass is 16.5. The van der Waals surface area contributed by atoms with E-state index >= 15 is 0 Å². The second-order valence-electron chi connectivity index (χ2n) is 4.94. The first-order valence-electron chi connectivity index (χ1n) is 7.69. The number of carbonyl (C=O) groups is 1. The third-order valence-electron chi connectivity index (χ3n) is 3.57. The zero-order valence-corrected chi connectivity index (χ0v) is 12.9. The van der Waals surface area contributed by atoms with Crippen molar-refractivity contribution in [2.75, 3.05) is 19.7 Å². The van der Waals surface area contributed by atoms with Gasteiger partial charge in [-0.2, -0.15) is 0 Å². The van der Waals surface area contributed by atoms with Gasteiger partial charge in [0.1, 0.15) is 0 Å². The van der Waals surface area contributed by atoms with E-state index in [0.717, 1.165) is 32.4 Å². The predicted octanol–water partition coefficient (Wildman–Crippen LogP) is 3.19. The molecule has 1 unspecified atom stereocenters. The molecule has 20 heavy (non-hydrogen) atoms. The lowest BCUT2D eigenvalue weighted by atomic mass is 9.76. The van der Waals surface area contributed by atoms with Crippen LogP contribution in [0.3, 0.4) is 0 Å². The van der Waals surface area contributed by atoms with Crippen LogP contribution in [0, 0.1) is 5.41 Å². The van der Waals surface area contributed by atoms with Crippen molar-refractivity contribution in [2.45, 2.75) is 40.0 Å². The number of hydrogen-bond acceptors (Lipinski definition) is 3. The van der Waals surface area contributed by atoms with E-state index in [1.165, 1.54) is 5.56 Å². The summed E-state index contributed by atoms with van der Waals surface area (Å²) in [6.07, 6.45) is 2.71. The Labute approximate surface area is 122 Å². The second kappa shape index (κ2) is 8.75. The zero-order chi connectivity index (χ0) is 14.8. The minimum absolute atomic E-state index is 0.0546. The van der Waals surface area contributed by atoms with Crippen molar-refractivity contribution >= 4 is 5.97 Å². The summed E-state index contributed by atoms with van der Waals surface area (Å²) in [4.78, 5) is 12.3. The van der Waals surface area contributed by atoms with Crippen molar-refractivity contribution in [3.8, 4) is 0 Å². The topological polar surface area (TPSA) is 38.3 Å². The van der Waals surface area contributed by atoms with Crippen LogP contribution >= 0.6 is 0 Å². The number of benzene rings is 1. The number of carbonyl (C=O) groups excluding carboxylic acids is 1. The molecular weight excluding hydrogens is 250 g/mol. The SMILES string of the molecule is CC.CCOC(=O)C1(Cc2ccccc2)CCCNC1. The van der Waals surface area contributed by atoms with Crippen molar-refractivity contribution in [2.24, 2.45) is 5.41 Å².